The van der Waals surface area contributed by atoms with Crippen LogP contribution in [0.25, 0.3) is 0 Å². The second kappa shape index (κ2) is 5.57. The van der Waals surface area contributed by atoms with Gasteiger partial charge in [-0.2, -0.15) is 0 Å². The van der Waals surface area contributed by atoms with Crippen molar-refractivity contribution in [1.82, 2.24) is 10.2 Å². The summed E-state index contributed by atoms with van der Waals surface area (Å²) in [6.07, 6.45) is 7.23. The third-order valence-corrected chi connectivity index (χ3v) is 7.07. The maximum Gasteiger partial charge on any atom is 0.254 e. The van der Waals surface area contributed by atoms with E-state index >= 15 is 0 Å². The molecule has 1 aliphatic heterocycles. The maximum absolute atomic E-state index is 12.8. The Morgan fingerprint density at radius 2 is 2.00 bits per heavy atom. The van der Waals surface area contributed by atoms with Crippen molar-refractivity contribution in [2.75, 3.05) is 13.1 Å². The monoisotopic (exact) mass is 402 g/mol. The topological polar surface area (TPSA) is 49.4 Å². The number of benzene rings is 1. The van der Waals surface area contributed by atoms with Gasteiger partial charge in [0.15, 0.2) is 0 Å². The lowest BCUT2D eigenvalue weighted by molar-refractivity contribution is -0.123. The minimum Gasteiger partial charge on any atom is -0.352 e. The predicted molar refractivity (Wildman–Crippen MR) is 98.3 cm³/mol. The Morgan fingerprint density at radius 3 is 2.68 bits per heavy atom. The molecule has 0 bridgehead atoms. The molecule has 0 aromatic heterocycles. The molecule has 0 saturated heterocycles. The molecule has 1 aromatic carbocycles. The molecule has 0 atom stereocenters. The van der Waals surface area contributed by atoms with Crippen molar-refractivity contribution < 1.29 is 9.59 Å². The zero-order chi connectivity index (χ0) is 17.2. The molecule has 5 rings (SSSR count). The highest BCUT2D eigenvalue weighted by atomic mass is 79.9. The van der Waals surface area contributed by atoms with E-state index in [1.807, 2.05) is 12.1 Å². The number of amides is 2. The number of carbonyl (C=O) groups excluding carboxylic acids is 2. The second-order valence-electron chi connectivity index (χ2n) is 8.46. The second-order valence-corrected chi connectivity index (χ2v) is 9.38. The van der Waals surface area contributed by atoms with Crippen LogP contribution in [0, 0.1) is 11.8 Å². The third-order valence-electron chi connectivity index (χ3n) is 6.58. The van der Waals surface area contributed by atoms with Crippen LogP contribution in [-0.2, 0) is 10.2 Å². The highest BCUT2D eigenvalue weighted by Crippen LogP contribution is 2.52. The fourth-order valence-corrected chi connectivity index (χ4v) is 5.08. The van der Waals surface area contributed by atoms with E-state index in [9.17, 15) is 9.59 Å². The van der Waals surface area contributed by atoms with E-state index in [0.717, 1.165) is 53.1 Å². The molecule has 0 unspecified atom stereocenters. The molecule has 3 aliphatic carbocycles. The molecule has 1 aromatic rings. The van der Waals surface area contributed by atoms with Crippen LogP contribution in [0.2, 0.25) is 0 Å². The van der Waals surface area contributed by atoms with Crippen LogP contribution in [0.1, 0.15) is 54.4 Å². The summed E-state index contributed by atoms with van der Waals surface area (Å²) in [6, 6.07) is 6.24. The van der Waals surface area contributed by atoms with Gasteiger partial charge in [0.2, 0.25) is 5.91 Å². The van der Waals surface area contributed by atoms with Crippen LogP contribution in [-0.4, -0.2) is 35.8 Å². The molecule has 25 heavy (non-hydrogen) atoms. The lowest BCUT2D eigenvalue weighted by atomic mass is 9.77. The standard InChI is InChI=1S/C20H23BrN2O2/c21-14-3-4-16-17(9-14)20(5-6-20)11-23(19(16)25)10-18(24)22-15-7-13(8-15)12-1-2-12/h3-4,9,12-13,15H,1-2,5-8,10-11H2,(H,22,24). The van der Waals surface area contributed by atoms with Gasteiger partial charge >= 0.3 is 0 Å². The van der Waals surface area contributed by atoms with Gasteiger partial charge in [-0.25, -0.2) is 0 Å². The van der Waals surface area contributed by atoms with Crippen molar-refractivity contribution in [2.45, 2.75) is 50.0 Å². The number of halogens is 1. The van der Waals surface area contributed by atoms with Gasteiger partial charge in [0.1, 0.15) is 0 Å². The van der Waals surface area contributed by atoms with E-state index in [1.165, 1.54) is 12.8 Å². The molecule has 5 heteroatoms. The number of nitrogens with one attached hydrogen (secondary N) is 1. The Balaban J connectivity index is 1.25. The Kier molecular flexibility index (Phi) is 3.53. The fraction of sp³-hybridized carbons (Fsp3) is 0.600. The highest BCUT2D eigenvalue weighted by molar-refractivity contribution is 9.10. The number of carbonyl (C=O) groups is 2. The zero-order valence-corrected chi connectivity index (χ0v) is 15.8. The number of hydrogen-bond donors (Lipinski definition) is 1. The van der Waals surface area contributed by atoms with Gasteiger partial charge < -0.3 is 10.2 Å². The molecule has 132 valence electrons. The number of nitrogens with zero attached hydrogens (tertiary/aromatic N) is 1. The Morgan fingerprint density at radius 1 is 1.24 bits per heavy atom. The average molecular weight is 403 g/mol. The minimum absolute atomic E-state index is 0.000332. The minimum atomic E-state index is -0.000332. The smallest absolute Gasteiger partial charge is 0.254 e. The van der Waals surface area contributed by atoms with Gasteiger partial charge in [0, 0.05) is 28.0 Å². The van der Waals surface area contributed by atoms with Crippen LogP contribution in [0.3, 0.4) is 0 Å². The van der Waals surface area contributed by atoms with E-state index < -0.39 is 0 Å². The molecule has 0 radical (unpaired) electrons. The fourth-order valence-electron chi connectivity index (χ4n) is 4.72. The summed E-state index contributed by atoms with van der Waals surface area (Å²) in [5.74, 6) is 1.77. The van der Waals surface area contributed by atoms with Crippen LogP contribution in [0.15, 0.2) is 22.7 Å². The summed E-state index contributed by atoms with van der Waals surface area (Å²) in [5.41, 5.74) is 2.02. The molecule has 4 aliphatic rings. The molecule has 4 nitrogen and oxygen atoms in total. The maximum atomic E-state index is 12.8. The predicted octanol–water partition coefficient (Wildman–Crippen LogP) is 3.24. The molecule has 1 spiro atoms. The first kappa shape index (κ1) is 15.9. The molecule has 2 amide bonds. The molecule has 1 N–H and O–H groups in total. The number of rotatable bonds is 4. The van der Waals surface area contributed by atoms with Crippen molar-refractivity contribution in [3.05, 3.63) is 33.8 Å². The van der Waals surface area contributed by atoms with Gasteiger partial charge in [0.25, 0.3) is 5.91 Å². The lowest BCUT2D eigenvalue weighted by Crippen LogP contribution is -2.51. The summed E-state index contributed by atoms with van der Waals surface area (Å²) in [4.78, 5) is 27.0. The summed E-state index contributed by atoms with van der Waals surface area (Å²) in [6.45, 7) is 0.874. The Hall–Kier alpha value is -1.36. The Bertz CT molecular complexity index is 748. The number of hydrogen-bond acceptors (Lipinski definition) is 2. The SMILES string of the molecule is O=C(CN1CC2(CC2)c2cc(Br)ccc2C1=O)NC1CC(C2CC2)C1. The Labute approximate surface area is 156 Å². The summed E-state index contributed by atoms with van der Waals surface area (Å²) >= 11 is 3.52. The van der Waals surface area contributed by atoms with Gasteiger partial charge in [-0.15, -0.1) is 0 Å². The largest absolute Gasteiger partial charge is 0.352 e. The molecule has 1 heterocycles. The first-order valence-corrected chi connectivity index (χ1v) is 10.2. The molecular formula is C20H23BrN2O2. The molecular weight excluding hydrogens is 380 g/mol. The first-order chi connectivity index (χ1) is 12.0. The molecule has 3 fully saturated rings. The summed E-state index contributed by atoms with van der Waals surface area (Å²) in [5, 5.41) is 3.14. The molecule has 3 saturated carbocycles. The highest BCUT2D eigenvalue weighted by Gasteiger charge is 2.51. The van der Waals surface area contributed by atoms with Gasteiger partial charge in [-0.1, -0.05) is 15.9 Å². The van der Waals surface area contributed by atoms with Crippen molar-refractivity contribution >= 4 is 27.7 Å². The average Bonchev–Trinajstić information content (AvgIpc) is 3.44. The van der Waals surface area contributed by atoms with Gasteiger partial charge in [0.05, 0.1) is 6.54 Å². The first-order valence-electron chi connectivity index (χ1n) is 9.43. The quantitative estimate of drug-likeness (QED) is 0.839. The summed E-state index contributed by atoms with van der Waals surface area (Å²) < 4.78 is 1.02. The van der Waals surface area contributed by atoms with E-state index in [2.05, 4.69) is 27.3 Å². The van der Waals surface area contributed by atoms with Crippen molar-refractivity contribution in [3.8, 4) is 0 Å². The van der Waals surface area contributed by atoms with Crippen LogP contribution in [0.4, 0.5) is 0 Å². The third kappa shape index (κ3) is 2.80. The van der Waals surface area contributed by atoms with Crippen molar-refractivity contribution in [3.63, 3.8) is 0 Å². The van der Waals surface area contributed by atoms with Crippen molar-refractivity contribution in [2.24, 2.45) is 11.8 Å². The van der Waals surface area contributed by atoms with Crippen molar-refractivity contribution in [1.29, 1.82) is 0 Å². The summed E-state index contributed by atoms with van der Waals surface area (Å²) in [7, 11) is 0. The van der Waals surface area contributed by atoms with E-state index in [1.54, 1.807) is 4.90 Å². The van der Waals surface area contributed by atoms with E-state index in [4.69, 9.17) is 0 Å². The number of fused-ring (bicyclic) bond motifs is 2. The van der Waals surface area contributed by atoms with Gasteiger partial charge in [-0.05, 0) is 74.1 Å². The zero-order valence-electron chi connectivity index (χ0n) is 14.3. The normalized spacial score (nSPS) is 29.2. The van der Waals surface area contributed by atoms with Crippen LogP contribution in [0.5, 0.6) is 0 Å². The van der Waals surface area contributed by atoms with Crippen LogP contribution >= 0.6 is 15.9 Å². The van der Waals surface area contributed by atoms with Crippen LogP contribution < -0.4 is 5.32 Å². The van der Waals surface area contributed by atoms with E-state index in [0.29, 0.717) is 12.6 Å². The van der Waals surface area contributed by atoms with E-state index in [-0.39, 0.29) is 23.8 Å². The van der Waals surface area contributed by atoms with Gasteiger partial charge in [-0.3, -0.25) is 9.59 Å². The lowest BCUT2D eigenvalue weighted by Gasteiger charge is -2.38.